The van der Waals surface area contributed by atoms with E-state index in [4.69, 9.17) is 9.47 Å². The molecule has 26 heavy (non-hydrogen) atoms. The van der Waals surface area contributed by atoms with E-state index in [9.17, 15) is 8.78 Å². The maximum Gasteiger partial charge on any atom is 0.319 e. The van der Waals surface area contributed by atoms with Gasteiger partial charge in [0, 0.05) is 25.5 Å². The van der Waals surface area contributed by atoms with Crippen LogP contribution in [0.1, 0.15) is 19.3 Å². The molecular weight excluding hydrogens is 344 g/mol. The van der Waals surface area contributed by atoms with E-state index in [1.807, 2.05) is 25.1 Å². The second-order valence-corrected chi connectivity index (χ2v) is 5.44. The van der Waals surface area contributed by atoms with Gasteiger partial charge in [-0.3, -0.25) is 9.56 Å². The Hall–Kier alpha value is -2.84. The molecule has 2 rings (SSSR count). The summed E-state index contributed by atoms with van der Waals surface area (Å²) in [6, 6.07) is 7.33. The topological polar surface area (TPSA) is 72.7 Å². The number of guanidine groups is 1. The number of nitrogens with zero attached hydrogens (tertiary/aromatic N) is 3. The van der Waals surface area contributed by atoms with Crippen LogP contribution in [0.25, 0.3) is 0 Å². The summed E-state index contributed by atoms with van der Waals surface area (Å²) >= 11 is 0. The van der Waals surface area contributed by atoms with Crippen LogP contribution in [0.3, 0.4) is 0 Å². The lowest BCUT2D eigenvalue weighted by Crippen LogP contribution is -2.41. The number of aromatic nitrogens is 2. The molecule has 0 fully saturated rings. The molecule has 0 aliphatic rings. The molecular formula is C17H23F2N5O2. The van der Waals surface area contributed by atoms with Crippen molar-refractivity contribution in [2.45, 2.75) is 26.1 Å². The van der Waals surface area contributed by atoms with Crippen LogP contribution >= 0.6 is 0 Å². The summed E-state index contributed by atoms with van der Waals surface area (Å²) in [5.41, 5.74) is 0. The lowest BCUT2D eigenvalue weighted by atomic mass is 10.3. The van der Waals surface area contributed by atoms with Crippen molar-refractivity contribution in [2.24, 2.45) is 4.99 Å². The zero-order chi connectivity index (χ0) is 18.9. The highest BCUT2D eigenvalue weighted by molar-refractivity contribution is 5.79. The molecule has 1 unspecified atom stereocenters. The molecule has 0 aliphatic carbocycles. The van der Waals surface area contributed by atoms with Crippen molar-refractivity contribution in [1.29, 1.82) is 0 Å². The first kappa shape index (κ1) is 19.5. The SMILES string of the molecule is CN=C(NCc1nccn1C(F)F)NCC(C)Oc1cccc(OC)c1. The van der Waals surface area contributed by atoms with Crippen molar-refractivity contribution in [3.05, 3.63) is 42.5 Å². The van der Waals surface area contributed by atoms with Gasteiger partial charge in [-0.1, -0.05) is 6.07 Å². The van der Waals surface area contributed by atoms with Crippen LogP contribution in [-0.4, -0.2) is 42.3 Å². The number of hydrogen-bond donors (Lipinski definition) is 2. The minimum absolute atomic E-state index is 0.127. The summed E-state index contributed by atoms with van der Waals surface area (Å²) in [5.74, 6) is 2.11. The first-order valence-corrected chi connectivity index (χ1v) is 8.08. The highest BCUT2D eigenvalue weighted by Gasteiger charge is 2.12. The molecule has 7 nitrogen and oxygen atoms in total. The Labute approximate surface area is 151 Å². The third-order valence-corrected chi connectivity index (χ3v) is 3.53. The molecule has 0 bridgehead atoms. The lowest BCUT2D eigenvalue weighted by Gasteiger charge is -2.18. The molecule has 0 saturated carbocycles. The van der Waals surface area contributed by atoms with Gasteiger partial charge < -0.3 is 20.1 Å². The summed E-state index contributed by atoms with van der Waals surface area (Å²) in [6.45, 7) is -0.119. The molecule has 1 aromatic carbocycles. The van der Waals surface area contributed by atoms with Gasteiger partial charge >= 0.3 is 6.55 Å². The van der Waals surface area contributed by atoms with Crippen molar-refractivity contribution in [1.82, 2.24) is 20.2 Å². The first-order chi connectivity index (χ1) is 12.5. The number of rotatable bonds is 8. The zero-order valence-electron chi connectivity index (χ0n) is 14.9. The van der Waals surface area contributed by atoms with Gasteiger partial charge in [-0.2, -0.15) is 8.78 Å². The van der Waals surface area contributed by atoms with Gasteiger partial charge in [0.2, 0.25) is 0 Å². The van der Waals surface area contributed by atoms with Crippen LogP contribution in [-0.2, 0) is 6.54 Å². The van der Waals surface area contributed by atoms with Gasteiger partial charge in [0.25, 0.3) is 0 Å². The predicted molar refractivity (Wildman–Crippen MR) is 94.8 cm³/mol. The summed E-state index contributed by atoms with van der Waals surface area (Å²) in [4.78, 5) is 7.97. The molecule has 1 atom stereocenters. The largest absolute Gasteiger partial charge is 0.497 e. The highest BCUT2D eigenvalue weighted by Crippen LogP contribution is 2.19. The van der Waals surface area contributed by atoms with Gasteiger partial charge in [0.1, 0.15) is 23.4 Å². The third kappa shape index (κ3) is 5.61. The number of aliphatic imine (C=N–C) groups is 1. The van der Waals surface area contributed by atoms with Gasteiger partial charge in [-0.15, -0.1) is 0 Å². The quantitative estimate of drug-likeness (QED) is 0.554. The minimum Gasteiger partial charge on any atom is -0.497 e. The number of nitrogens with one attached hydrogen (secondary N) is 2. The number of benzene rings is 1. The summed E-state index contributed by atoms with van der Waals surface area (Å²) in [5, 5.41) is 6.04. The number of ether oxygens (including phenoxy) is 2. The molecule has 0 amide bonds. The van der Waals surface area contributed by atoms with Crippen LogP contribution in [0.4, 0.5) is 8.78 Å². The normalized spacial score (nSPS) is 12.8. The monoisotopic (exact) mass is 367 g/mol. The molecule has 2 N–H and O–H groups in total. The smallest absolute Gasteiger partial charge is 0.319 e. The van der Waals surface area contributed by atoms with E-state index in [2.05, 4.69) is 20.6 Å². The Morgan fingerprint density at radius 3 is 2.77 bits per heavy atom. The fourth-order valence-corrected chi connectivity index (χ4v) is 2.23. The molecule has 0 aliphatic heterocycles. The number of methoxy groups -OCH3 is 1. The van der Waals surface area contributed by atoms with Crippen molar-refractivity contribution >= 4 is 5.96 Å². The van der Waals surface area contributed by atoms with Crippen LogP contribution < -0.4 is 20.1 Å². The Morgan fingerprint density at radius 2 is 2.08 bits per heavy atom. The Morgan fingerprint density at radius 1 is 1.31 bits per heavy atom. The number of halogens is 2. The van der Waals surface area contributed by atoms with E-state index < -0.39 is 6.55 Å². The highest BCUT2D eigenvalue weighted by atomic mass is 19.3. The Kier molecular flexibility index (Phi) is 7.19. The van der Waals surface area contributed by atoms with E-state index in [0.717, 1.165) is 10.3 Å². The first-order valence-electron chi connectivity index (χ1n) is 8.08. The lowest BCUT2D eigenvalue weighted by molar-refractivity contribution is 0.0668. The molecule has 142 valence electrons. The van der Waals surface area contributed by atoms with Gasteiger partial charge in [-0.05, 0) is 19.1 Å². The van der Waals surface area contributed by atoms with E-state index in [1.54, 1.807) is 20.2 Å². The van der Waals surface area contributed by atoms with E-state index >= 15 is 0 Å². The van der Waals surface area contributed by atoms with Crippen molar-refractivity contribution < 1.29 is 18.3 Å². The van der Waals surface area contributed by atoms with E-state index in [1.165, 1.54) is 12.4 Å². The molecule has 0 spiro atoms. The Bertz CT molecular complexity index is 721. The summed E-state index contributed by atoms with van der Waals surface area (Å²) < 4.78 is 37.4. The fourth-order valence-electron chi connectivity index (χ4n) is 2.23. The standard InChI is InChI=1S/C17H23F2N5O2/c1-12(26-14-6-4-5-13(9-14)25-3)10-22-17(20-2)23-11-15-21-7-8-24(15)16(18)19/h4-9,12,16H,10-11H2,1-3H3,(H2,20,22,23). The average molecular weight is 367 g/mol. The van der Waals surface area contributed by atoms with Crippen molar-refractivity contribution in [3.8, 4) is 11.5 Å². The second kappa shape index (κ2) is 9.59. The molecule has 0 radical (unpaired) electrons. The predicted octanol–water partition coefficient (Wildman–Crippen LogP) is 2.42. The van der Waals surface area contributed by atoms with Crippen LogP contribution in [0.15, 0.2) is 41.7 Å². The Balaban J connectivity index is 1.81. The maximum absolute atomic E-state index is 12.8. The van der Waals surface area contributed by atoms with Gasteiger partial charge in [0.05, 0.1) is 20.2 Å². The number of hydrogen-bond acceptors (Lipinski definition) is 4. The molecule has 0 saturated heterocycles. The number of alkyl halides is 2. The van der Waals surface area contributed by atoms with Crippen LogP contribution in [0, 0.1) is 0 Å². The third-order valence-electron chi connectivity index (χ3n) is 3.53. The summed E-state index contributed by atoms with van der Waals surface area (Å²) in [7, 11) is 3.20. The zero-order valence-corrected chi connectivity index (χ0v) is 14.9. The average Bonchev–Trinajstić information content (AvgIpc) is 3.11. The maximum atomic E-state index is 12.8. The molecule has 9 heteroatoms. The molecule has 1 heterocycles. The van der Waals surface area contributed by atoms with Gasteiger partial charge in [-0.25, -0.2) is 4.98 Å². The minimum atomic E-state index is -2.62. The molecule has 1 aromatic heterocycles. The summed E-state index contributed by atoms with van der Waals surface area (Å²) in [6.07, 6.45) is 2.43. The van der Waals surface area contributed by atoms with Gasteiger partial charge in [0.15, 0.2) is 5.96 Å². The van der Waals surface area contributed by atoms with Crippen molar-refractivity contribution in [2.75, 3.05) is 20.7 Å². The van der Waals surface area contributed by atoms with Crippen LogP contribution in [0.5, 0.6) is 11.5 Å². The van der Waals surface area contributed by atoms with E-state index in [-0.39, 0.29) is 18.5 Å². The second-order valence-electron chi connectivity index (χ2n) is 5.44. The van der Waals surface area contributed by atoms with Crippen LogP contribution in [0.2, 0.25) is 0 Å². The fraction of sp³-hybridized carbons (Fsp3) is 0.412. The number of imidazole rings is 1. The van der Waals surface area contributed by atoms with Crippen molar-refractivity contribution in [3.63, 3.8) is 0 Å². The van der Waals surface area contributed by atoms with E-state index in [0.29, 0.717) is 18.3 Å². The molecule has 2 aromatic rings.